The molecule has 0 atom stereocenters. The van der Waals surface area contributed by atoms with E-state index in [0.717, 1.165) is 0 Å². The molecule has 0 radical (unpaired) electrons. The number of nitrogens with zero attached hydrogens (tertiary/aromatic N) is 2. The van der Waals surface area contributed by atoms with Crippen molar-refractivity contribution in [3.05, 3.63) is 16.4 Å². The maximum atomic E-state index is 11.3. The maximum absolute atomic E-state index is 11.3. The minimum atomic E-state index is -1.05. The first-order valence-electron chi connectivity index (χ1n) is 4.96. The Kier molecular flexibility index (Phi) is 3.28. The van der Waals surface area contributed by atoms with Gasteiger partial charge in [-0.25, -0.2) is 4.79 Å². The summed E-state index contributed by atoms with van der Waals surface area (Å²) in [5.41, 5.74) is -1.64. The molecular weight excluding hydrogens is 212 g/mol. The molecule has 0 bridgehead atoms. The first-order valence-corrected chi connectivity index (χ1v) is 4.96. The lowest BCUT2D eigenvalue weighted by atomic mass is 9.98. The standard InChI is InChI=1S/C10H12N2O4/c1-3-16-9(15)7(12-11)8(14)10(4-5-10)6(2)13/h3-5H2,1-2H3/p+1. The van der Waals surface area contributed by atoms with Crippen LogP contribution in [0.25, 0.3) is 4.98 Å². The Bertz CT molecular complexity index is 402. The fourth-order valence-corrected chi connectivity index (χ4v) is 1.49. The summed E-state index contributed by atoms with van der Waals surface area (Å²) in [4.78, 5) is 25.3. The van der Waals surface area contributed by atoms with Gasteiger partial charge in [0.15, 0.2) is 4.98 Å². The number of hydrogen-bond donors (Lipinski definition) is 1. The van der Waals surface area contributed by atoms with Crippen LogP contribution in [0.2, 0.25) is 0 Å². The Morgan fingerprint density at radius 3 is 2.38 bits per heavy atom. The summed E-state index contributed by atoms with van der Waals surface area (Å²) >= 11 is 0. The average molecular weight is 225 g/mol. The van der Waals surface area contributed by atoms with Gasteiger partial charge in [0, 0.05) is 0 Å². The summed E-state index contributed by atoms with van der Waals surface area (Å²) in [6.07, 6.45) is 0.902. The van der Waals surface area contributed by atoms with Crippen LogP contribution in [-0.4, -0.2) is 23.5 Å². The van der Waals surface area contributed by atoms with Crippen LogP contribution in [0.15, 0.2) is 11.5 Å². The van der Waals surface area contributed by atoms with Crippen LogP contribution >= 0.6 is 0 Å². The van der Waals surface area contributed by atoms with E-state index in [4.69, 9.17) is 5.39 Å². The third-order valence-corrected chi connectivity index (χ3v) is 2.67. The van der Waals surface area contributed by atoms with E-state index >= 15 is 0 Å². The van der Waals surface area contributed by atoms with Gasteiger partial charge in [0.25, 0.3) is 0 Å². The van der Waals surface area contributed by atoms with Crippen molar-refractivity contribution < 1.29 is 19.4 Å². The highest BCUT2D eigenvalue weighted by molar-refractivity contribution is 5.95. The van der Waals surface area contributed by atoms with Gasteiger partial charge >= 0.3 is 11.7 Å². The summed E-state index contributed by atoms with van der Waals surface area (Å²) in [5, 5.41) is 18.4. The molecule has 0 amide bonds. The molecule has 0 aromatic carbocycles. The summed E-state index contributed by atoms with van der Waals surface area (Å²) in [6.45, 7) is 3.00. The minimum absolute atomic E-state index is 0.0954. The van der Waals surface area contributed by atoms with Crippen LogP contribution in [-0.2, 0) is 14.3 Å². The zero-order valence-corrected chi connectivity index (χ0v) is 9.19. The first-order chi connectivity index (χ1) is 7.49. The van der Waals surface area contributed by atoms with Crippen molar-refractivity contribution in [2.24, 2.45) is 5.41 Å². The number of hydrogen-bond acceptors (Lipinski definition) is 5. The molecule has 86 valence electrons. The van der Waals surface area contributed by atoms with E-state index in [1.54, 1.807) is 6.92 Å². The second-order valence-corrected chi connectivity index (χ2v) is 3.66. The van der Waals surface area contributed by atoms with Crippen molar-refractivity contribution in [3.8, 4) is 0 Å². The van der Waals surface area contributed by atoms with E-state index in [1.807, 2.05) is 0 Å². The third kappa shape index (κ3) is 1.89. The number of diazo groups is 1. The molecule has 16 heavy (non-hydrogen) atoms. The monoisotopic (exact) mass is 225 g/mol. The summed E-state index contributed by atoms with van der Waals surface area (Å²) in [5.74, 6) is -1.69. The second kappa shape index (κ2) is 4.31. The Labute approximate surface area is 92.5 Å². The molecule has 0 unspecified atom stereocenters. The summed E-state index contributed by atoms with van der Waals surface area (Å²) in [7, 11) is 0. The molecule has 1 N–H and O–H groups in total. The topological polar surface area (TPSA) is 91.8 Å². The molecule has 0 heterocycles. The van der Waals surface area contributed by atoms with Gasteiger partial charge in [-0.1, -0.05) is 0 Å². The van der Waals surface area contributed by atoms with Gasteiger partial charge in [-0.15, -0.1) is 0 Å². The lowest BCUT2D eigenvalue weighted by Crippen LogP contribution is -2.19. The summed E-state index contributed by atoms with van der Waals surface area (Å²) in [6, 6.07) is 0. The molecule has 0 saturated heterocycles. The highest BCUT2D eigenvalue weighted by Crippen LogP contribution is 2.52. The molecule has 0 aromatic heterocycles. The van der Waals surface area contributed by atoms with Crippen LogP contribution in [0.4, 0.5) is 0 Å². The van der Waals surface area contributed by atoms with Gasteiger partial charge < -0.3 is 9.84 Å². The molecule has 1 rings (SSSR count). The van der Waals surface area contributed by atoms with Gasteiger partial charge in [-0.05, 0) is 26.7 Å². The van der Waals surface area contributed by atoms with E-state index in [0.29, 0.717) is 12.8 Å². The predicted octanol–water partition coefficient (Wildman–Crippen LogP) is 1.54. The molecule has 1 saturated carbocycles. The molecule has 0 aromatic rings. The van der Waals surface area contributed by atoms with Crippen molar-refractivity contribution in [2.75, 3.05) is 6.61 Å². The molecule has 6 nitrogen and oxygen atoms in total. The van der Waals surface area contributed by atoms with Crippen molar-refractivity contribution in [2.45, 2.75) is 26.7 Å². The first kappa shape index (κ1) is 12.2. The molecule has 6 heteroatoms. The van der Waals surface area contributed by atoms with E-state index in [9.17, 15) is 14.7 Å². The highest BCUT2D eigenvalue weighted by atomic mass is 16.5. The zero-order chi connectivity index (χ0) is 12.3. The molecule has 0 aliphatic heterocycles. The molecular formula is C10H13N2O4+. The quantitative estimate of drug-likeness (QED) is 0.339. The van der Waals surface area contributed by atoms with Crippen molar-refractivity contribution in [1.82, 2.24) is 0 Å². The zero-order valence-electron chi connectivity index (χ0n) is 9.19. The fourth-order valence-electron chi connectivity index (χ4n) is 1.49. The van der Waals surface area contributed by atoms with E-state index in [2.05, 4.69) is 9.71 Å². The minimum Gasteiger partial charge on any atom is -0.504 e. The fraction of sp³-hybridized carbons (Fsp3) is 0.600. The lowest BCUT2D eigenvalue weighted by molar-refractivity contribution is -0.138. The van der Waals surface area contributed by atoms with E-state index in [-0.39, 0.29) is 12.4 Å². The molecule has 1 aliphatic carbocycles. The number of rotatable bonds is 4. The molecule has 0 spiro atoms. The average Bonchev–Trinajstić information content (AvgIpc) is 2.99. The van der Waals surface area contributed by atoms with E-state index in [1.165, 1.54) is 6.92 Å². The van der Waals surface area contributed by atoms with Gasteiger partial charge in [0.05, 0.1) is 12.0 Å². The number of carbonyl (C=O) groups is 2. The number of aliphatic hydroxyl groups is 1. The van der Waals surface area contributed by atoms with Crippen molar-refractivity contribution >= 4 is 11.8 Å². The predicted molar refractivity (Wildman–Crippen MR) is 53.7 cm³/mol. The van der Waals surface area contributed by atoms with Gasteiger partial charge in [0.1, 0.15) is 5.78 Å². The van der Waals surface area contributed by atoms with Crippen LogP contribution in [0, 0.1) is 10.8 Å². The normalized spacial score (nSPS) is 18.1. The Balaban J connectivity index is 3.06. The van der Waals surface area contributed by atoms with Crippen LogP contribution in [0.5, 0.6) is 0 Å². The van der Waals surface area contributed by atoms with Crippen molar-refractivity contribution in [1.29, 1.82) is 5.39 Å². The van der Waals surface area contributed by atoms with Gasteiger partial charge in [0.2, 0.25) is 11.2 Å². The van der Waals surface area contributed by atoms with Crippen molar-refractivity contribution in [3.63, 3.8) is 0 Å². The Morgan fingerprint density at radius 1 is 1.50 bits per heavy atom. The van der Waals surface area contributed by atoms with Gasteiger partial charge in [-0.3, -0.25) is 4.79 Å². The number of Topliss-reactive ketones (excluding diaryl/α,β-unsaturated/α-hetero) is 1. The van der Waals surface area contributed by atoms with Crippen LogP contribution in [0.1, 0.15) is 26.7 Å². The number of allylic oxidation sites excluding steroid dienone is 1. The lowest BCUT2D eigenvalue weighted by Gasteiger charge is -2.06. The Hall–Kier alpha value is -1.90. The van der Waals surface area contributed by atoms with E-state index < -0.39 is 22.8 Å². The smallest absolute Gasteiger partial charge is 0.504 e. The van der Waals surface area contributed by atoms with Gasteiger partial charge in [-0.2, -0.15) is 0 Å². The van der Waals surface area contributed by atoms with Crippen LogP contribution in [0.3, 0.4) is 0 Å². The number of ether oxygens (including phenoxy) is 1. The molecule has 1 aliphatic rings. The number of ketones is 1. The highest BCUT2D eigenvalue weighted by Gasteiger charge is 2.56. The largest absolute Gasteiger partial charge is 0.506 e. The molecule has 1 fully saturated rings. The number of esters is 1. The number of carbonyl (C=O) groups excluding carboxylic acids is 2. The maximum Gasteiger partial charge on any atom is 0.506 e. The second-order valence-electron chi connectivity index (χ2n) is 3.66. The SMILES string of the molecule is CCOC(=O)/C([N+]#N)=C(\O)C1(C(C)=O)CC1. The third-order valence-electron chi connectivity index (χ3n) is 2.67. The summed E-state index contributed by atoms with van der Waals surface area (Å²) < 4.78 is 4.60. The Morgan fingerprint density at radius 2 is 2.06 bits per heavy atom. The van der Waals surface area contributed by atoms with Crippen LogP contribution < -0.4 is 0 Å². The number of aliphatic hydroxyl groups excluding tert-OH is 1.